The predicted molar refractivity (Wildman–Crippen MR) is 67.5 cm³/mol. The molecule has 2 rings (SSSR count). The third-order valence-corrected chi connectivity index (χ3v) is 2.70. The Balaban J connectivity index is 2.20. The molecule has 1 aromatic carbocycles. The maximum atomic E-state index is 12.4. The minimum atomic E-state index is -4.30. The summed E-state index contributed by atoms with van der Waals surface area (Å²) in [6.07, 6.45) is -2.46. The van der Waals surface area contributed by atoms with Gasteiger partial charge in [-0.15, -0.1) is 0 Å². The van der Waals surface area contributed by atoms with E-state index in [1.165, 1.54) is 12.1 Å². The second kappa shape index (κ2) is 5.07. The number of hydrogen-bond donors (Lipinski definition) is 0. The van der Waals surface area contributed by atoms with Gasteiger partial charge in [-0.3, -0.25) is 4.68 Å². The fraction of sp³-hybridized carbons (Fsp3) is 0.357. The van der Waals surface area contributed by atoms with Crippen LogP contribution in [0.1, 0.15) is 19.4 Å². The minimum absolute atomic E-state index is 0.473. The van der Waals surface area contributed by atoms with Crippen molar-refractivity contribution in [2.45, 2.75) is 26.6 Å². The van der Waals surface area contributed by atoms with Gasteiger partial charge in [-0.2, -0.15) is 18.3 Å². The monoisotopic (exact) mass is 268 g/mol. The number of hydrogen-bond acceptors (Lipinski definition) is 1. The number of alkyl halides is 3. The van der Waals surface area contributed by atoms with E-state index in [0.717, 1.165) is 18.7 Å². The Morgan fingerprint density at radius 3 is 2.26 bits per heavy atom. The van der Waals surface area contributed by atoms with Gasteiger partial charge in [0, 0.05) is 18.3 Å². The topological polar surface area (TPSA) is 17.8 Å². The zero-order valence-electron chi connectivity index (χ0n) is 10.8. The van der Waals surface area contributed by atoms with Crippen LogP contribution in [0.25, 0.3) is 11.3 Å². The molecule has 0 spiro atoms. The normalized spacial score (nSPS) is 12.1. The molecule has 1 aromatic heterocycles. The molecule has 102 valence electrons. The van der Waals surface area contributed by atoms with Gasteiger partial charge in [-0.25, -0.2) is 0 Å². The molecule has 0 aliphatic rings. The van der Waals surface area contributed by atoms with Gasteiger partial charge < -0.3 is 0 Å². The second-order valence-corrected chi connectivity index (χ2v) is 4.89. The molecule has 5 heteroatoms. The van der Waals surface area contributed by atoms with Crippen molar-refractivity contribution in [3.8, 4) is 11.3 Å². The van der Waals surface area contributed by atoms with Gasteiger partial charge in [-0.05, 0) is 24.1 Å². The Kier molecular flexibility index (Phi) is 3.64. The summed E-state index contributed by atoms with van der Waals surface area (Å²) >= 11 is 0. The van der Waals surface area contributed by atoms with E-state index in [4.69, 9.17) is 0 Å². The van der Waals surface area contributed by atoms with Gasteiger partial charge >= 0.3 is 6.18 Å². The maximum Gasteiger partial charge on any atom is 0.416 e. The Labute approximate surface area is 109 Å². The van der Waals surface area contributed by atoms with Crippen LogP contribution in [-0.4, -0.2) is 9.78 Å². The van der Waals surface area contributed by atoms with Crippen molar-refractivity contribution in [1.29, 1.82) is 0 Å². The fourth-order valence-electron chi connectivity index (χ4n) is 1.82. The molecule has 2 nitrogen and oxygen atoms in total. The van der Waals surface area contributed by atoms with E-state index in [1.807, 2.05) is 12.3 Å². The molecule has 2 aromatic rings. The second-order valence-electron chi connectivity index (χ2n) is 4.89. The number of rotatable bonds is 3. The smallest absolute Gasteiger partial charge is 0.272 e. The Bertz CT molecular complexity index is 539. The van der Waals surface area contributed by atoms with E-state index in [2.05, 4.69) is 18.9 Å². The highest BCUT2D eigenvalue weighted by Gasteiger charge is 2.30. The van der Waals surface area contributed by atoms with Crippen molar-refractivity contribution in [1.82, 2.24) is 9.78 Å². The summed E-state index contributed by atoms with van der Waals surface area (Å²) in [5.74, 6) is 0.473. The molecule has 0 unspecified atom stereocenters. The average Bonchev–Trinajstić information content (AvgIpc) is 2.75. The molecule has 0 amide bonds. The van der Waals surface area contributed by atoms with Crippen molar-refractivity contribution in [3.05, 3.63) is 42.1 Å². The van der Waals surface area contributed by atoms with Crippen LogP contribution in [0, 0.1) is 5.92 Å². The van der Waals surface area contributed by atoms with Crippen LogP contribution in [0.2, 0.25) is 0 Å². The lowest BCUT2D eigenvalue weighted by Gasteiger charge is -2.07. The SMILES string of the molecule is CC(C)Cn1ccc(-c2ccc(C(F)(F)F)cc2)n1. The maximum absolute atomic E-state index is 12.4. The number of halogens is 3. The Hall–Kier alpha value is -1.78. The number of benzene rings is 1. The molecular formula is C14H15F3N2. The summed E-state index contributed by atoms with van der Waals surface area (Å²) in [5, 5.41) is 4.35. The van der Waals surface area contributed by atoms with Crippen molar-refractivity contribution in [2.24, 2.45) is 5.92 Å². The highest BCUT2D eigenvalue weighted by molar-refractivity contribution is 5.58. The van der Waals surface area contributed by atoms with Gasteiger partial charge in [0.1, 0.15) is 0 Å². The molecule has 0 N–H and O–H groups in total. The summed E-state index contributed by atoms with van der Waals surface area (Å²) < 4.78 is 39.2. The van der Waals surface area contributed by atoms with Crippen molar-refractivity contribution in [2.75, 3.05) is 0 Å². The van der Waals surface area contributed by atoms with Gasteiger partial charge in [0.05, 0.1) is 11.3 Å². The molecule has 0 aliphatic heterocycles. The molecule has 0 fully saturated rings. The molecular weight excluding hydrogens is 253 g/mol. The van der Waals surface area contributed by atoms with Crippen molar-refractivity contribution >= 4 is 0 Å². The zero-order valence-corrected chi connectivity index (χ0v) is 10.8. The minimum Gasteiger partial charge on any atom is -0.272 e. The summed E-state index contributed by atoms with van der Waals surface area (Å²) in [4.78, 5) is 0. The van der Waals surface area contributed by atoms with Crippen molar-refractivity contribution < 1.29 is 13.2 Å². The largest absolute Gasteiger partial charge is 0.416 e. The third kappa shape index (κ3) is 3.36. The van der Waals surface area contributed by atoms with Crippen LogP contribution in [-0.2, 0) is 12.7 Å². The van der Waals surface area contributed by atoms with Crippen LogP contribution in [0.5, 0.6) is 0 Å². The van der Waals surface area contributed by atoms with E-state index < -0.39 is 11.7 Å². The first-order chi connectivity index (χ1) is 8.86. The molecule has 0 saturated carbocycles. The van der Waals surface area contributed by atoms with E-state index in [0.29, 0.717) is 17.2 Å². The molecule has 0 bridgehead atoms. The number of nitrogens with zero attached hydrogens (tertiary/aromatic N) is 2. The lowest BCUT2D eigenvalue weighted by atomic mass is 10.1. The lowest BCUT2D eigenvalue weighted by molar-refractivity contribution is -0.137. The summed E-state index contributed by atoms with van der Waals surface area (Å²) in [6.45, 7) is 4.96. The lowest BCUT2D eigenvalue weighted by Crippen LogP contribution is -2.05. The first-order valence-electron chi connectivity index (χ1n) is 6.07. The standard InChI is InChI=1S/C14H15F3N2/c1-10(2)9-19-8-7-13(18-19)11-3-5-12(6-4-11)14(15,16)17/h3-8,10H,9H2,1-2H3. The van der Waals surface area contributed by atoms with E-state index in [-0.39, 0.29) is 0 Å². The fourth-order valence-corrected chi connectivity index (χ4v) is 1.82. The van der Waals surface area contributed by atoms with Gasteiger partial charge in [0.25, 0.3) is 0 Å². The number of aromatic nitrogens is 2. The van der Waals surface area contributed by atoms with Crippen LogP contribution in [0.15, 0.2) is 36.5 Å². The van der Waals surface area contributed by atoms with Gasteiger partial charge in [-0.1, -0.05) is 26.0 Å². The van der Waals surface area contributed by atoms with E-state index in [9.17, 15) is 13.2 Å². The van der Waals surface area contributed by atoms with Crippen LogP contribution < -0.4 is 0 Å². The highest BCUT2D eigenvalue weighted by atomic mass is 19.4. The highest BCUT2D eigenvalue weighted by Crippen LogP contribution is 2.30. The summed E-state index contributed by atoms with van der Waals surface area (Å²) in [6, 6.07) is 6.87. The first kappa shape index (κ1) is 13.6. The van der Waals surface area contributed by atoms with Crippen LogP contribution in [0.4, 0.5) is 13.2 Å². The van der Waals surface area contributed by atoms with E-state index >= 15 is 0 Å². The molecule has 1 heterocycles. The predicted octanol–water partition coefficient (Wildman–Crippen LogP) is 4.22. The van der Waals surface area contributed by atoms with E-state index in [1.54, 1.807) is 4.68 Å². The molecule has 0 atom stereocenters. The van der Waals surface area contributed by atoms with Crippen molar-refractivity contribution in [3.63, 3.8) is 0 Å². The molecule has 0 aliphatic carbocycles. The molecule has 19 heavy (non-hydrogen) atoms. The third-order valence-electron chi connectivity index (χ3n) is 2.70. The van der Waals surface area contributed by atoms with Crippen LogP contribution in [0.3, 0.4) is 0 Å². The zero-order chi connectivity index (χ0) is 14.0. The molecule has 0 saturated heterocycles. The quantitative estimate of drug-likeness (QED) is 0.814. The van der Waals surface area contributed by atoms with Gasteiger partial charge in [0.2, 0.25) is 0 Å². The summed E-state index contributed by atoms with van der Waals surface area (Å²) in [5.41, 5.74) is 0.739. The Morgan fingerprint density at radius 1 is 1.11 bits per heavy atom. The van der Waals surface area contributed by atoms with Crippen LogP contribution >= 0.6 is 0 Å². The Morgan fingerprint density at radius 2 is 1.74 bits per heavy atom. The first-order valence-corrected chi connectivity index (χ1v) is 6.07. The molecule has 0 radical (unpaired) electrons. The van der Waals surface area contributed by atoms with Gasteiger partial charge in [0.15, 0.2) is 0 Å². The average molecular weight is 268 g/mol. The summed E-state index contributed by atoms with van der Waals surface area (Å²) in [7, 11) is 0.